The molecular formula is C20H15F3N8O2. The van der Waals surface area contributed by atoms with Crippen molar-refractivity contribution in [2.45, 2.75) is 31.5 Å². The Morgan fingerprint density at radius 2 is 1.97 bits per heavy atom. The van der Waals surface area contributed by atoms with Crippen LogP contribution in [0, 0.1) is 0 Å². The van der Waals surface area contributed by atoms with E-state index in [9.17, 15) is 18.3 Å². The first-order valence-corrected chi connectivity index (χ1v) is 9.82. The minimum Gasteiger partial charge on any atom is -0.418 e. The molecule has 1 N–H and O–H groups in total. The molecule has 33 heavy (non-hydrogen) atoms. The Hall–Kier alpha value is -4.00. The maximum Gasteiger partial charge on any atom is 0.433 e. The maximum absolute atomic E-state index is 13.4. The van der Waals surface area contributed by atoms with Crippen LogP contribution in [0.2, 0.25) is 0 Å². The summed E-state index contributed by atoms with van der Waals surface area (Å²) in [6.45, 7) is -0.439. The van der Waals surface area contributed by atoms with Crippen molar-refractivity contribution in [3.8, 4) is 11.4 Å². The zero-order valence-electron chi connectivity index (χ0n) is 16.8. The monoisotopic (exact) mass is 456 g/mol. The summed E-state index contributed by atoms with van der Waals surface area (Å²) in [6.07, 6.45) is 4.25. The highest BCUT2D eigenvalue weighted by Gasteiger charge is 2.35. The van der Waals surface area contributed by atoms with Gasteiger partial charge in [-0.15, -0.1) is 15.3 Å². The average molecular weight is 456 g/mol. The van der Waals surface area contributed by atoms with Gasteiger partial charge in [-0.25, -0.2) is 24.6 Å². The van der Waals surface area contributed by atoms with Crippen molar-refractivity contribution in [3.05, 3.63) is 65.9 Å². The van der Waals surface area contributed by atoms with Crippen LogP contribution in [0.5, 0.6) is 0 Å². The van der Waals surface area contributed by atoms with Crippen LogP contribution < -0.4 is 0 Å². The molecule has 0 bridgehead atoms. The van der Waals surface area contributed by atoms with Crippen LogP contribution in [0.15, 0.2) is 41.6 Å². The lowest BCUT2D eigenvalue weighted by Crippen LogP contribution is -2.10. The van der Waals surface area contributed by atoms with Crippen LogP contribution in [0.4, 0.5) is 13.2 Å². The van der Waals surface area contributed by atoms with Gasteiger partial charge in [0, 0.05) is 41.3 Å². The van der Waals surface area contributed by atoms with Gasteiger partial charge in [-0.2, -0.15) is 13.2 Å². The molecule has 0 radical (unpaired) electrons. The molecule has 0 aliphatic heterocycles. The van der Waals surface area contributed by atoms with E-state index in [-0.39, 0.29) is 29.1 Å². The van der Waals surface area contributed by atoms with Gasteiger partial charge in [0.25, 0.3) is 0 Å². The Kier molecular flexibility index (Phi) is 5.17. The molecule has 0 spiro atoms. The quantitative estimate of drug-likeness (QED) is 0.466. The number of aliphatic hydroxyl groups excluding tert-OH is 1. The summed E-state index contributed by atoms with van der Waals surface area (Å²) in [6, 6.07) is 2.53. The molecule has 0 amide bonds. The second-order valence-electron chi connectivity index (χ2n) is 7.32. The lowest BCUT2D eigenvalue weighted by molar-refractivity contribution is -0.141. The number of halogens is 3. The number of hydrogen-bond donors (Lipinski definition) is 1. The molecule has 10 nitrogen and oxygen atoms in total. The van der Waals surface area contributed by atoms with Gasteiger partial charge in [0.1, 0.15) is 25.0 Å². The zero-order chi connectivity index (χ0) is 23.0. The Morgan fingerprint density at radius 3 is 2.64 bits per heavy atom. The number of hydrogen-bond acceptors (Lipinski definition) is 9. The molecule has 0 aromatic carbocycles. The van der Waals surface area contributed by atoms with E-state index >= 15 is 0 Å². The summed E-state index contributed by atoms with van der Waals surface area (Å²) >= 11 is 0. The first-order valence-electron chi connectivity index (χ1n) is 9.82. The van der Waals surface area contributed by atoms with Crippen LogP contribution in [-0.2, 0) is 12.8 Å². The fraction of sp³-hybridized carbons (Fsp3) is 0.250. The summed E-state index contributed by atoms with van der Waals surface area (Å²) in [7, 11) is 0. The molecule has 0 atom stereocenters. The van der Waals surface area contributed by atoms with Crippen LogP contribution in [0.25, 0.3) is 23.2 Å². The fourth-order valence-electron chi connectivity index (χ4n) is 3.13. The van der Waals surface area contributed by atoms with Crippen molar-refractivity contribution in [2.24, 2.45) is 0 Å². The number of rotatable bonds is 6. The van der Waals surface area contributed by atoms with Gasteiger partial charge in [0.15, 0.2) is 5.82 Å². The largest absolute Gasteiger partial charge is 0.433 e. The normalized spacial score (nSPS) is 14.6. The van der Waals surface area contributed by atoms with Gasteiger partial charge in [-0.05, 0) is 25.0 Å². The van der Waals surface area contributed by atoms with E-state index in [1.165, 1.54) is 35.9 Å². The van der Waals surface area contributed by atoms with Gasteiger partial charge in [0.05, 0.1) is 5.57 Å². The van der Waals surface area contributed by atoms with Crippen LogP contribution in [0.3, 0.4) is 0 Å². The molecular weight excluding hydrogens is 441 g/mol. The highest BCUT2D eigenvalue weighted by atomic mass is 19.4. The predicted molar refractivity (Wildman–Crippen MR) is 106 cm³/mol. The van der Waals surface area contributed by atoms with E-state index in [1.54, 1.807) is 6.07 Å². The standard InChI is InChI=1S/C20H15F3N8O2/c21-20(22,23)16-4-12(3-15(27-16)11-1-2-11)18-26-10-31(30-18)7-14(13-5-24-9-25-6-13)19-29-28-17(8-32)33-19/h3-7,9-11,32H,1-2,8H2. The second kappa shape index (κ2) is 8.16. The van der Waals surface area contributed by atoms with Crippen molar-refractivity contribution in [1.82, 2.24) is 39.9 Å². The zero-order valence-corrected chi connectivity index (χ0v) is 16.8. The molecule has 168 valence electrons. The molecule has 1 fully saturated rings. The Morgan fingerprint density at radius 1 is 1.18 bits per heavy atom. The van der Waals surface area contributed by atoms with Crippen LogP contribution >= 0.6 is 0 Å². The van der Waals surface area contributed by atoms with Gasteiger partial charge in [-0.3, -0.25) is 0 Å². The molecule has 0 unspecified atom stereocenters. The first kappa shape index (κ1) is 20.9. The third-order valence-electron chi connectivity index (χ3n) is 4.86. The van der Waals surface area contributed by atoms with Gasteiger partial charge < -0.3 is 9.52 Å². The van der Waals surface area contributed by atoms with Crippen LogP contribution in [0.1, 0.15) is 47.5 Å². The van der Waals surface area contributed by atoms with Crippen molar-refractivity contribution >= 4 is 11.8 Å². The van der Waals surface area contributed by atoms with Gasteiger partial charge >= 0.3 is 6.18 Å². The number of aromatic nitrogens is 8. The van der Waals surface area contributed by atoms with Crippen molar-refractivity contribution in [3.63, 3.8) is 0 Å². The van der Waals surface area contributed by atoms with Crippen molar-refractivity contribution < 1.29 is 22.7 Å². The van der Waals surface area contributed by atoms with Gasteiger partial charge in [0.2, 0.25) is 11.8 Å². The molecule has 4 aromatic heterocycles. The maximum atomic E-state index is 13.4. The summed E-state index contributed by atoms with van der Waals surface area (Å²) < 4.78 is 46.8. The molecule has 0 saturated heterocycles. The molecule has 1 aliphatic rings. The predicted octanol–water partition coefficient (Wildman–Crippen LogP) is 2.95. The number of aliphatic hydroxyl groups is 1. The number of pyridine rings is 1. The summed E-state index contributed by atoms with van der Waals surface area (Å²) in [4.78, 5) is 15.9. The van der Waals surface area contributed by atoms with Crippen LogP contribution in [-0.4, -0.2) is 45.0 Å². The first-order chi connectivity index (χ1) is 15.9. The second-order valence-corrected chi connectivity index (χ2v) is 7.32. The third-order valence-corrected chi connectivity index (χ3v) is 4.86. The molecule has 4 heterocycles. The SMILES string of the molecule is OCc1nnc(C(=Cn2cnc(-c3cc(C4CC4)nc(C(F)(F)F)c3)n2)c2cncnc2)o1. The van der Waals surface area contributed by atoms with E-state index in [0.717, 1.165) is 18.9 Å². The lowest BCUT2D eigenvalue weighted by atomic mass is 10.1. The Balaban J connectivity index is 1.55. The highest BCUT2D eigenvalue weighted by Crippen LogP contribution is 2.41. The third kappa shape index (κ3) is 4.48. The minimum atomic E-state index is -4.58. The highest BCUT2D eigenvalue weighted by molar-refractivity contribution is 5.82. The summed E-state index contributed by atoms with van der Waals surface area (Å²) in [5.41, 5.74) is 0.525. The lowest BCUT2D eigenvalue weighted by Gasteiger charge is -2.09. The Labute approximate surface area is 183 Å². The number of nitrogens with zero attached hydrogens (tertiary/aromatic N) is 8. The van der Waals surface area contributed by atoms with Crippen molar-refractivity contribution in [2.75, 3.05) is 0 Å². The van der Waals surface area contributed by atoms with E-state index in [1.807, 2.05) is 0 Å². The molecule has 1 saturated carbocycles. The topological polar surface area (TPSA) is 129 Å². The van der Waals surface area contributed by atoms with E-state index in [2.05, 4.69) is 35.2 Å². The molecule has 13 heteroatoms. The minimum absolute atomic E-state index is 0.0103. The van der Waals surface area contributed by atoms with Gasteiger partial charge in [-0.1, -0.05) is 0 Å². The van der Waals surface area contributed by atoms with E-state index in [0.29, 0.717) is 16.8 Å². The summed E-state index contributed by atoms with van der Waals surface area (Å²) in [5.74, 6) is 0.212. The molecule has 4 aromatic rings. The van der Waals surface area contributed by atoms with E-state index < -0.39 is 18.5 Å². The fourth-order valence-corrected chi connectivity index (χ4v) is 3.13. The van der Waals surface area contributed by atoms with Crippen molar-refractivity contribution in [1.29, 1.82) is 0 Å². The summed E-state index contributed by atoms with van der Waals surface area (Å²) in [5, 5.41) is 21.2. The average Bonchev–Trinajstić information content (AvgIpc) is 3.37. The molecule has 1 aliphatic carbocycles. The molecule has 5 rings (SSSR count). The van der Waals surface area contributed by atoms with E-state index in [4.69, 9.17) is 4.42 Å². The smallest absolute Gasteiger partial charge is 0.418 e. The number of alkyl halides is 3. The Bertz CT molecular complexity index is 1310.